The van der Waals surface area contributed by atoms with Gasteiger partial charge in [0.05, 0.1) is 24.3 Å². The molecule has 1 aliphatic heterocycles. The summed E-state index contributed by atoms with van der Waals surface area (Å²) in [6, 6.07) is 7.43. The van der Waals surface area contributed by atoms with E-state index < -0.39 is 35.2 Å². The zero-order chi connectivity index (χ0) is 27.0. The Labute approximate surface area is 211 Å². The number of urea groups is 1. The minimum atomic E-state index is -5.00. The van der Waals surface area contributed by atoms with Gasteiger partial charge in [-0.3, -0.25) is 0 Å². The summed E-state index contributed by atoms with van der Waals surface area (Å²) in [7, 11) is 1.56. The van der Waals surface area contributed by atoms with Gasteiger partial charge >= 0.3 is 18.4 Å². The molecular weight excluding hydrogens is 498 g/mol. The summed E-state index contributed by atoms with van der Waals surface area (Å²) in [5.74, 6) is 0.670. The van der Waals surface area contributed by atoms with Crippen LogP contribution < -0.4 is 10.1 Å². The summed E-state index contributed by atoms with van der Waals surface area (Å²) < 4.78 is 85.0. The molecule has 1 heterocycles. The number of amides is 2. The van der Waals surface area contributed by atoms with E-state index in [1.54, 1.807) is 7.11 Å². The second-order valence-electron chi connectivity index (χ2n) is 9.91. The summed E-state index contributed by atoms with van der Waals surface area (Å²) in [5.41, 5.74) is -1.84. The minimum Gasteiger partial charge on any atom is -0.497 e. The Morgan fingerprint density at radius 3 is 2.22 bits per heavy atom. The molecule has 1 aliphatic carbocycles. The van der Waals surface area contributed by atoms with Gasteiger partial charge in [-0.2, -0.15) is 26.3 Å². The van der Waals surface area contributed by atoms with Crippen molar-refractivity contribution in [2.45, 2.75) is 57.4 Å². The molecule has 1 saturated heterocycles. The molecule has 200 valence electrons. The molecule has 1 atom stereocenters. The predicted molar refractivity (Wildman–Crippen MR) is 128 cm³/mol. The highest BCUT2D eigenvalue weighted by atomic mass is 19.4. The van der Waals surface area contributed by atoms with E-state index in [0.717, 1.165) is 36.8 Å². The Hall–Kier alpha value is -3.17. The van der Waals surface area contributed by atoms with Crippen LogP contribution in [0.3, 0.4) is 0 Å². The van der Waals surface area contributed by atoms with Crippen LogP contribution in [0.1, 0.15) is 55.7 Å². The maximum atomic E-state index is 13.3. The molecule has 37 heavy (non-hydrogen) atoms. The van der Waals surface area contributed by atoms with Gasteiger partial charge in [-0.15, -0.1) is 0 Å². The van der Waals surface area contributed by atoms with Crippen LogP contribution in [0.5, 0.6) is 5.75 Å². The lowest BCUT2D eigenvalue weighted by atomic mass is 9.83. The number of hydrogen-bond donors (Lipinski definition) is 1. The van der Waals surface area contributed by atoms with Gasteiger partial charge in [0.1, 0.15) is 5.75 Å². The molecule has 2 fully saturated rings. The topological polar surface area (TPSA) is 41.6 Å². The van der Waals surface area contributed by atoms with E-state index in [-0.39, 0.29) is 17.5 Å². The summed E-state index contributed by atoms with van der Waals surface area (Å²) in [6.45, 7) is 2.28. The number of carbonyl (C=O) groups excluding carboxylic acids is 1. The van der Waals surface area contributed by atoms with Crippen molar-refractivity contribution in [3.63, 3.8) is 0 Å². The second-order valence-corrected chi connectivity index (χ2v) is 9.91. The molecule has 1 saturated carbocycles. The number of carbonyl (C=O) groups is 1. The number of halogens is 6. The maximum absolute atomic E-state index is 13.3. The van der Waals surface area contributed by atoms with E-state index in [1.165, 1.54) is 4.90 Å². The fourth-order valence-electron chi connectivity index (χ4n) is 5.43. The number of likely N-dealkylation sites (tertiary alicyclic amines) is 1. The van der Waals surface area contributed by atoms with Crippen LogP contribution in [-0.2, 0) is 12.4 Å². The number of hydrogen-bond acceptors (Lipinski definition) is 2. The van der Waals surface area contributed by atoms with Crippen LogP contribution >= 0.6 is 0 Å². The van der Waals surface area contributed by atoms with Crippen LogP contribution in [-0.4, -0.2) is 30.6 Å². The molecule has 10 heteroatoms. The van der Waals surface area contributed by atoms with Gasteiger partial charge in [0.15, 0.2) is 0 Å². The van der Waals surface area contributed by atoms with Gasteiger partial charge in [-0.25, -0.2) is 4.79 Å². The second kappa shape index (κ2) is 9.95. The maximum Gasteiger partial charge on any atom is 0.416 e. The van der Waals surface area contributed by atoms with Gasteiger partial charge in [-0.1, -0.05) is 31.1 Å². The molecule has 0 bridgehead atoms. The highest BCUT2D eigenvalue weighted by Gasteiger charge is 2.46. The predicted octanol–water partition coefficient (Wildman–Crippen LogP) is 8.00. The first-order valence-electron chi connectivity index (χ1n) is 12.0. The zero-order valence-electron chi connectivity index (χ0n) is 20.5. The number of rotatable bonds is 4. The minimum absolute atomic E-state index is 0.0437. The quantitative estimate of drug-likeness (QED) is 0.410. The zero-order valence-corrected chi connectivity index (χ0v) is 20.5. The normalized spacial score (nSPS) is 19.9. The third kappa shape index (κ3) is 6.05. The van der Waals surface area contributed by atoms with Crippen LogP contribution in [0.15, 0.2) is 48.5 Å². The van der Waals surface area contributed by atoms with Crippen molar-refractivity contribution in [2.75, 3.05) is 19.0 Å². The SMILES string of the molecule is COc1cccc(/C(C)=C/[C@@H]2CC3(CCCC3)CN2C(=O)Nc2cc(C(F)(F)F)cc(C(F)(F)F)c2)c1. The third-order valence-corrected chi connectivity index (χ3v) is 7.28. The van der Waals surface area contributed by atoms with E-state index in [4.69, 9.17) is 4.74 Å². The molecular formula is C27H28F6N2O2. The lowest BCUT2D eigenvalue weighted by Gasteiger charge is -2.25. The van der Waals surface area contributed by atoms with E-state index in [0.29, 0.717) is 30.8 Å². The van der Waals surface area contributed by atoms with Crippen molar-refractivity contribution in [3.8, 4) is 5.75 Å². The van der Waals surface area contributed by atoms with Crippen molar-refractivity contribution >= 4 is 17.3 Å². The third-order valence-electron chi connectivity index (χ3n) is 7.28. The average molecular weight is 527 g/mol. The summed E-state index contributed by atoms with van der Waals surface area (Å²) in [6.07, 6.45) is -3.51. The van der Waals surface area contributed by atoms with E-state index in [1.807, 2.05) is 37.3 Å². The molecule has 1 N–H and O–H groups in total. The molecule has 4 nitrogen and oxygen atoms in total. The first kappa shape index (κ1) is 26.9. The Morgan fingerprint density at radius 2 is 1.65 bits per heavy atom. The van der Waals surface area contributed by atoms with Gasteiger partial charge in [-0.05, 0) is 73.1 Å². The summed E-state index contributed by atoms with van der Waals surface area (Å²) >= 11 is 0. The monoisotopic (exact) mass is 526 g/mol. The van der Waals surface area contributed by atoms with Crippen molar-refractivity contribution < 1.29 is 35.9 Å². The molecule has 0 radical (unpaired) electrons. The number of nitrogens with one attached hydrogen (secondary N) is 1. The van der Waals surface area contributed by atoms with E-state index in [2.05, 4.69) is 5.32 Å². The number of methoxy groups -OCH3 is 1. The first-order valence-corrected chi connectivity index (χ1v) is 12.0. The lowest BCUT2D eigenvalue weighted by molar-refractivity contribution is -0.143. The Bertz CT molecular complexity index is 1150. The lowest BCUT2D eigenvalue weighted by Crippen LogP contribution is -2.39. The molecule has 2 amide bonds. The first-order chi connectivity index (χ1) is 17.3. The number of alkyl halides is 6. The van der Waals surface area contributed by atoms with Crippen LogP contribution in [0.2, 0.25) is 0 Å². The number of ether oxygens (including phenoxy) is 1. The fraction of sp³-hybridized carbons (Fsp3) is 0.444. The van der Waals surface area contributed by atoms with E-state index in [9.17, 15) is 31.1 Å². The molecule has 0 aromatic heterocycles. The van der Waals surface area contributed by atoms with Gasteiger partial charge in [0, 0.05) is 12.2 Å². The molecule has 1 spiro atoms. The van der Waals surface area contributed by atoms with Crippen molar-refractivity contribution in [1.82, 2.24) is 4.90 Å². The molecule has 0 unspecified atom stereocenters. The van der Waals surface area contributed by atoms with E-state index >= 15 is 0 Å². The van der Waals surface area contributed by atoms with Crippen molar-refractivity contribution in [1.29, 1.82) is 0 Å². The van der Waals surface area contributed by atoms with Gasteiger partial charge in [0.25, 0.3) is 0 Å². The number of allylic oxidation sites excluding steroid dienone is 1. The Balaban J connectivity index is 1.64. The number of anilines is 1. The summed E-state index contributed by atoms with van der Waals surface area (Å²) in [5, 5.41) is 2.31. The molecule has 2 aliphatic rings. The Morgan fingerprint density at radius 1 is 1.03 bits per heavy atom. The molecule has 4 rings (SSSR count). The van der Waals surface area contributed by atoms with Gasteiger partial charge in [0.2, 0.25) is 0 Å². The van der Waals surface area contributed by atoms with Gasteiger partial charge < -0.3 is 15.0 Å². The Kier molecular flexibility index (Phi) is 7.23. The highest BCUT2D eigenvalue weighted by Crippen LogP contribution is 2.48. The van der Waals surface area contributed by atoms with Crippen LogP contribution in [0.4, 0.5) is 36.8 Å². The smallest absolute Gasteiger partial charge is 0.416 e. The molecule has 2 aromatic carbocycles. The fourth-order valence-corrected chi connectivity index (χ4v) is 5.43. The number of nitrogens with zero attached hydrogens (tertiary/aromatic N) is 1. The van der Waals surface area contributed by atoms with Crippen LogP contribution in [0, 0.1) is 5.41 Å². The van der Waals surface area contributed by atoms with Crippen LogP contribution in [0.25, 0.3) is 5.57 Å². The highest BCUT2D eigenvalue weighted by molar-refractivity contribution is 5.90. The largest absolute Gasteiger partial charge is 0.497 e. The van der Waals surface area contributed by atoms with Crippen molar-refractivity contribution in [2.24, 2.45) is 5.41 Å². The standard InChI is InChI=1S/C27H28F6N2O2/c1-17(18-6-5-7-23(11-18)37-2)10-22-15-25(8-3-4-9-25)16-35(22)24(36)34-21-13-19(26(28,29)30)12-20(14-21)27(31,32)33/h5-7,10-14,22H,3-4,8-9,15-16H2,1-2H3,(H,34,36)/b17-10+/t22-/m1/s1. The van der Waals surface area contributed by atoms with Crippen molar-refractivity contribution in [3.05, 3.63) is 65.2 Å². The summed E-state index contributed by atoms with van der Waals surface area (Å²) in [4.78, 5) is 14.8. The molecule has 2 aromatic rings. The average Bonchev–Trinajstić information content (AvgIpc) is 3.44. The number of benzene rings is 2.